The van der Waals surface area contributed by atoms with Crippen LogP contribution in [0.15, 0.2) is 36.5 Å². The van der Waals surface area contributed by atoms with Crippen LogP contribution in [0.4, 0.5) is 17.6 Å². The molecule has 0 bridgehead atoms. The monoisotopic (exact) mass is 369 g/mol. The van der Waals surface area contributed by atoms with Gasteiger partial charge in [0.1, 0.15) is 11.5 Å². The predicted octanol–water partition coefficient (Wildman–Crippen LogP) is 2.71. The van der Waals surface area contributed by atoms with Crippen molar-refractivity contribution in [3.05, 3.63) is 64.7 Å². The first-order valence-electron chi connectivity index (χ1n) is 7.54. The minimum absolute atomic E-state index is 0.0371. The van der Waals surface area contributed by atoms with Crippen molar-refractivity contribution >= 4 is 11.8 Å². The Kier molecular flexibility index (Phi) is 5.91. The molecule has 1 aromatic carbocycles. The first-order chi connectivity index (χ1) is 12.2. The summed E-state index contributed by atoms with van der Waals surface area (Å²) in [5, 5.41) is 4.93. The van der Waals surface area contributed by atoms with E-state index in [1.165, 1.54) is 12.1 Å². The van der Waals surface area contributed by atoms with E-state index in [9.17, 15) is 27.2 Å². The molecule has 1 heterocycles. The lowest BCUT2D eigenvalue weighted by molar-refractivity contribution is -0.141. The van der Waals surface area contributed by atoms with E-state index in [4.69, 9.17) is 0 Å². The zero-order valence-electron chi connectivity index (χ0n) is 13.7. The average Bonchev–Trinajstić information content (AvgIpc) is 2.60. The number of nitrogens with zero attached hydrogens (tertiary/aromatic N) is 1. The van der Waals surface area contributed by atoms with E-state index in [-0.39, 0.29) is 24.2 Å². The highest BCUT2D eigenvalue weighted by atomic mass is 19.4. The molecule has 0 spiro atoms. The number of halogens is 4. The molecule has 0 aliphatic rings. The van der Waals surface area contributed by atoms with Gasteiger partial charge >= 0.3 is 6.18 Å². The number of carbonyl (C=O) groups excluding carboxylic acids is 2. The number of rotatable bonds is 5. The molecule has 2 amide bonds. The summed E-state index contributed by atoms with van der Waals surface area (Å²) in [6.45, 7) is 1.68. The van der Waals surface area contributed by atoms with Gasteiger partial charge < -0.3 is 10.6 Å². The number of amides is 2. The zero-order chi connectivity index (χ0) is 19.3. The molecular formula is C17H15F4N3O2. The largest absolute Gasteiger partial charge is 0.433 e. The van der Waals surface area contributed by atoms with Gasteiger partial charge in [-0.3, -0.25) is 14.6 Å². The molecular weight excluding hydrogens is 354 g/mol. The second-order valence-electron chi connectivity index (χ2n) is 5.41. The standard InChI is InChI=1S/C17H15F4N3O2/c1-10-2-3-11(8-13(10)18)15(25)22-6-7-23-16(26)12-4-5-14(24-9-12)17(19,20)21/h2-5,8-9H,6-7H2,1H3,(H,22,25)(H,23,26). The summed E-state index contributed by atoms with van der Waals surface area (Å²) in [5.41, 5.74) is -0.568. The Bertz CT molecular complexity index is 805. The maximum Gasteiger partial charge on any atom is 0.433 e. The fraction of sp³-hybridized carbons (Fsp3) is 0.235. The number of benzene rings is 1. The predicted molar refractivity (Wildman–Crippen MR) is 85.0 cm³/mol. The smallest absolute Gasteiger partial charge is 0.350 e. The fourth-order valence-corrected chi connectivity index (χ4v) is 1.99. The first kappa shape index (κ1) is 19.4. The van der Waals surface area contributed by atoms with Gasteiger partial charge in [-0.1, -0.05) is 6.07 Å². The summed E-state index contributed by atoms with van der Waals surface area (Å²) in [6.07, 6.45) is -3.75. The number of nitrogens with one attached hydrogen (secondary N) is 2. The Morgan fingerprint density at radius 3 is 2.08 bits per heavy atom. The molecule has 0 aliphatic heterocycles. The van der Waals surface area contributed by atoms with Crippen molar-refractivity contribution in [2.45, 2.75) is 13.1 Å². The van der Waals surface area contributed by atoms with Crippen molar-refractivity contribution in [3.63, 3.8) is 0 Å². The van der Waals surface area contributed by atoms with Crippen LogP contribution in [0.25, 0.3) is 0 Å². The summed E-state index contributed by atoms with van der Waals surface area (Å²) in [6, 6.07) is 5.78. The van der Waals surface area contributed by atoms with Crippen LogP contribution >= 0.6 is 0 Å². The highest BCUT2D eigenvalue weighted by molar-refractivity contribution is 5.95. The van der Waals surface area contributed by atoms with E-state index in [1.807, 2.05) is 0 Å². The van der Waals surface area contributed by atoms with Crippen LogP contribution in [-0.4, -0.2) is 29.9 Å². The topological polar surface area (TPSA) is 71.1 Å². The molecule has 0 atom stereocenters. The van der Waals surface area contributed by atoms with Crippen LogP contribution in [0.2, 0.25) is 0 Å². The van der Waals surface area contributed by atoms with Crippen LogP contribution < -0.4 is 10.6 Å². The van der Waals surface area contributed by atoms with Gasteiger partial charge in [-0.15, -0.1) is 0 Å². The minimum atomic E-state index is -4.57. The molecule has 9 heteroatoms. The summed E-state index contributed by atoms with van der Waals surface area (Å²) >= 11 is 0. The highest BCUT2D eigenvalue weighted by Crippen LogP contribution is 2.27. The number of hydrogen-bond acceptors (Lipinski definition) is 3. The molecule has 0 fully saturated rings. The van der Waals surface area contributed by atoms with E-state index in [0.29, 0.717) is 11.6 Å². The average molecular weight is 369 g/mol. The number of carbonyl (C=O) groups is 2. The van der Waals surface area contributed by atoms with Gasteiger partial charge in [0.05, 0.1) is 5.56 Å². The molecule has 2 rings (SSSR count). The Hall–Kier alpha value is -2.97. The summed E-state index contributed by atoms with van der Waals surface area (Å²) in [5.74, 6) is -1.63. The van der Waals surface area contributed by atoms with Crippen molar-refractivity contribution in [1.29, 1.82) is 0 Å². The second-order valence-corrected chi connectivity index (χ2v) is 5.41. The third kappa shape index (κ3) is 5.01. The lowest BCUT2D eigenvalue weighted by Gasteiger charge is -2.09. The second kappa shape index (κ2) is 7.94. The third-order valence-corrected chi connectivity index (χ3v) is 3.45. The van der Waals surface area contributed by atoms with E-state index in [0.717, 1.165) is 18.3 Å². The fourth-order valence-electron chi connectivity index (χ4n) is 1.99. The zero-order valence-corrected chi connectivity index (χ0v) is 13.7. The van der Waals surface area contributed by atoms with Crippen LogP contribution in [-0.2, 0) is 6.18 Å². The first-order valence-corrected chi connectivity index (χ1v) is 7.54. The van der Waals surface area contributed by atoms with Gasteiger partial charge in [0.2, 0.25) is 0 Å². The SMILES string of the molecule is Cc1ccc(C(=O)NCCNC(=O)c2ccc(C(F)(F)F)nc2)cc1F. The quantitative estimate of drug-likeness (QED) is 0.629. The molecule has 5 nitrogen and oxygen atoms in total. The van der Waals surface area contributed by atoms with Gasteiger partial charge in [0, 0.05) is 24.8 Å². The number of aryl methyl sites for hydroxylation is 1. The molecule has 2 N–H and O–H groups in total. The molecule has 26 heavy (non-hydrogen) atoms. The van der Waals surface area contributed by atoms with Gasteiger partial charge in [0.25, 0.3) is 11.8 Å². The van der Waals surface area contributed by atoms with E-state index >= 15 is 0 Å². The number of pyridine rings is 1. The van der Waals surface area contributed by atoms with Crippen LogP contribution in [0.1, 0.15) is 32.0 Å². The Morgan fingerprint density at radius 2 is 1.58 bits per heavy atom. The Morgan fingerprint density at radius 1 is 1.00 bits per heavy atom. The Balaban J connectivity index is 1.81. The van der Waals surface area contributed by atoms with Crippen LogP contribution in [0.5, 0.6) is 0 Å². The molecule has 0 unspecified atom stereocenters. The van der Waals surface area contributed by atoms with E-state index in [2.05, 4.69) is 15.6 Å². The molecule has 1 aromatic heterocycles. The van der Waals surface area contributed by atoms with Crippen molar-refractivity contribution in [2.24, 2.45) is 0 Å². The van der Waals surface area contributed by atoms with Crippen molar-refractivity contribution in [1.82, 2.24) is 15.6 Å². The highest BCUT2D eigenvalue weighted by Gasteiger charge is 2.32. The third-order valence-electron chi connectivity index (χ3n) is 3.45. The van der Waals surface area contributed by atoms with E-state index < -0.39 is 29.5 Å². The van der Waals surface area contributed by atoms with Gasteiger partial charge in [-0.25, -0.2) is 4.39 Å². The lowest BCUT2D eigenvalue weighted by atomic mass is 10.1. The molecule has 0 radical (unpaired) electrons. The lowest BCUT2D eigenvalue weighted by Crippen LogP contribution is -2.34. The van der Waals surface area contributed by atoms with Crippen molar-refractivity contribution in [2.75, 3.05) is 13.1 Å². The molecule has 0 aliphatic carbocycles. The van der Waals surface area contributed by atoms with Crippen molar-refractivity contribution < 1.29 is 27.2 Å². The maximum absolute atomic E-state index is 13.4. The molecule has 0 saturated heterocycles. The van der Waals surface area contributed by atoms with Crippen LogP contribution in [0, 0.1) is 12.7 Å². The van der Waals surface area contributed by atoms with Crippen LogP contribution in [0.3, 0.4) is 0 Å². The van der Waals surface area contributed by atoms with Gasteiger partial charge in [-0.2, -0.15) is 13.2 Å². The number of hydrogen-bond donors (Lipinski definition) is 2. The van der Waals surface area contributed by atoms with Gasteiger partial charge in [0.15, 0.2) is 0 Å². The normalized spacial score (nSPS) is 11.1. The summed E-state index contributed by atoms with van der Waals surface area (Å²) in [7, 11) is 0. The van der Waals surface area contributed by atoms with Crippen molar-refractivity contribution in [3.8, 4) is 0 Å². The summed E-state index contributed by atoms with van der Waals surface area (Å²) in [4.78, 5) is 26.8. The summed E-state index contributed by atoms with van der Waals surface area (Å²) < 4.78 is 50.6. The molecule has 0 saturated carbocycles. The van der Waals surface area contributed by atoms with Gasteiger partial charge in [-0.05, 0) is 36.8 Å². The molecule has 138 valence electrons. The van der Waals surface area contributed by atoms with E-state index in [1.54, 1.807) is 6.92 Å². The maximum atomic E-state index is 13.4. The minimum Gasteiger partial charge on any atom is -0.350 e. The Labute approximate surface area is 146 Å². The number of aromatic nitrogens is 1. The molecule has 2 aromatic rings. The number of alkyl halides is 3.